The average molecular weight is 194 g/mol. The van der Waals surface area contributed by atoms with E-state index in [0.29, 0.717) is 6.54 Å². The topological polar surface area (TPSA) is 56.2 Å². The molecule has 0 unspecified atom stereocenters. The molecule has 4 nitrogen and oxygen atoms in total. The molecule has 0 bridgehead atoms. The molecule has 1 fully saturated rings. The summed E-state index contributed by atoms with van der Waals surface area (Å²) in [6, 6.07) is 0. The number of guanidine groups is 1. The van der Waals surface area contributed by atoms with Gasteiger partial charge in [0.25, 0.3) is 0 Å². The minimum Gasteiger partial charge on any atom is -0.337 e. The SMILES string of the molecule is Br.CN1CC(=O)NC1=N. The van der Waals surface area contributed by atoms with E-state index in [2.05, 4.69) is 5.32 Å². The first kappa shape index (κ1) is 8.42. The fourth-order valence-corrected chi connectivity index (χ4v) is 0.561. The van der Waals surface area contributed by atoms with Crippen LogP contribution < -0.4 is 5.32 Å². The summed E-state index contributed by atoms with van der Waals surface area (Å²) in [5.41, 5.74) is 0. The van der Waals surface area contributed by atoms with Crippen molar-refractivity contribution in [2.75, 3.05) is 13.6 Å². The largest absolute Gasteiger partial charge is 0.337 e. The van der Waals surface area contributed by atoms with Crippen molar-refractivity contribution < 1.29 is 4.79 Å². The molecule has 1 aliphatic heterocycles. The van der Waals surface area contributed by atoms with Crippen LogP contribution >= 0.6 is 17.0 Å². The Balaban J connectivity index is 0.000000640. The summed E-state index contributed by atoms with van der Waals surface area (Å²) < 4.78 is 0. The fraction of sp³-hybridized carbons (Fsp3) is 0.500. The van der Waals surface area contributed by atoms with Crippen LogP contribution in [0.4, 0.5) is 0 Å². The normalized spacial score (nSPS) is 17.2. The van der Waals surface area contributed by atoms with E-state index >= 15 is 0 Å². The van der Waals surface area contributed by atoms with Gasteiger partial charge in [-0.05, 0) is 0 Å². The van der Waals surface area contributed by atoms with Crippen LogP contribution in [0.2, 0.25) is 0 Å². The predicted molar refractivity (Wildman–Crippen MR) is 38.8 cm³/mol. The van der Waals surface area contributed by atoms with Crippen LogP contribution in [0.25, 0.3) is 0 Å². The molecule has 0 saturated carbocycles. The van der Waals surface area contributed by atoms with Crippen molar-refractivity contribution in [2.24, 2.45) is 0 Å². The van der Waals surface area contributed by atoms with E-state index in [4.69, 9.17) is 5.41 Å². The van der Waals surface area contributed by atoms with Crippen LogP contribution in [-0.2, 0) is 4.79 Å². The van der Waals surface area contributed by atoms with Crippen molar-refractivity contribution in [3.8, 4) is 0 Å². The predicted octanol–water partition coefficient (Wildman–Crippen LogP) is -0.439. The Labute approximate surface area is 63.5 Å². The molecule has 0 atom stereocenters. The molecule has 2 N–H and O–H groups in total. The number of carbonyl (C=O) groups is 1. The van der Waals surface area contributed by atoms with Crippen molar-refractivity contribution in [3.63, 3.8) is 0 Å². The second-order valence-corrected chi connectivity index (χ2v) is 1.75. The third-order valence-corrected chi connectivity index (χ3v) is 1.02. The van der Waals surface area contributed by atoms with Gasteiger partial charge in [0.05, 0.1) is 6.54 Å². The maximum absolute atomic E-state index is 10.4. The zero-order valence-corrected chi connectivity index (χ0v) is 6.68. The van der Waals surface area contributed by atoms with Gasteiger partial charge in [0.2, 0.25) is 5.91 Å². The summed E-state index contributed by atoms with van der Waals surface area (Å²) in [7, 11) is 1.69. The van der Waals surface area contributed by atoms with Crippen LogP contribution in [0.5, 0.6) is 0 Å². The number of hydrogen-bond donors (Lipinski definition) is 2. The van der Waals surface area contributed by atoms with E-state index in [1.165, 1.54) is 0 Å². The number of amides is 1. The first-order valence-corrected chi connectivity index (χ1v) is 2.29. The second kappa shape index (κ2) is 2.82. The third kappa shape index (κ3) is 1.67. The van der Waals surface area contributed by atoms with Gasteiger partial charge in [0, 0.05) is 7.05 Å². The molecule has 0 radical (unpaired) electrons. The lowest BCUT2D eigenvalue weighted by molar-refractivity contribution is -0.118. The van der Waals surface area contributed by atoms with E-state index in [1.54, 1.807) is 11.9 Å². The maximum atomic E-state index is 10.4. The lowest BCUT2D eigenvalue weighted by Gasteiger charge is -2.03. The van der Waals surface area contributed by atoms with E-state index in [-0.39, 0.29) is 28.8 Å². The summed E-state index contributed by atoms with van der Waals surface area (Å²) in [5.74, 6) is 0.0903. The van der Waals surface area contributed by atoms with Crippen LogP contribution in [-0.4, -0.2) is 30.4 Å². The van der Waals surface area contributed by atoms with E-state index < -0.39 is 0 Å². The van der Waals surface area contributed by atoms with Gasteiger partial charge in [-0.15, -0.1) is 17.0 Å². The molecule has 5 heteroatoms. The van der Waals surface area contributed by atoms with Crippen LogP contribution in [0.15, 0.2) is 0 Å². The highest BCUT2D eigenvalue weighted by Gasteiger charge is 2.18. The van der Waals surface area contributed by atoms with Gasteiger partial charge >= 0.3 is 0 Å². The molecule has 0 aromatic heterocycles. The van der Waals surface area contributed by atoms with Crippen molar-refractivity contribution >= 4 is 28.8 Å². The Kier molecular flexibility index (Phi) is 2.64. The number of rotatable bonds is 0. The molecule has 0 aliphatic carbocycles. The zero-order chi connectivity index (χ0) is 6.15. The third-order valence-electron chi connectivity index (χ3n) is 1.02. The summed E-state index contributed by atoms with van der Waals surface area (Å²) in [5, 5.41) is 9.32. The molecule has 52 valence electrons. The molecule has 0 spiro atoms. The highest BCUT2D eigenvalue weighted by atomic mass is 79.9. The van der Waals surface area contributed by atoms with Crippen molar-refractivity contribution in [1.29, 1.82) is 5.41 Å². The first-order valence-electron chi connectivity index (χ1n) is 2.29. The molecule has 1 aliphatic rings. The number of carbonyl (C=O) groups excluding carboxylic acids is 1. The van der Waals surface area contributed by atoms with Gasteiger partial charge in [-0.2, -0.15) is 0 Å². The fourth-order valence-electron chi connectivity index (χ4n) is 0.561. The molecular formula is C4H8BrN3O. The molecule has 0 aromatic carbocycles. The van der Waals surface area contributed by atoms with Gasteiger partial charge in [-0.3, -0.25) is 15.5 Å². The van der Waals surface area contributed by atoms with Crippen molar-refractivity contribution in [2.45, 2.75) is 0 Å². The quantitative estimate of drug-likeness (QED) is 0.549. The second-order valence-electron chi connectivity index (χ2n) is 1.75. The molecule has 1 saturated heterocycles. The Morgan fingerprint density at radius 3 is 2.44 bits per heavy atom. The molecule has 1 heterocycles. The Bertz CT molecular complexity index is 147. The molecule has 1 rings (SSSR count). The highest BCUT2D eigenvalue weighted by molar-refractivity contribution is 8.93. The van der Waals surface area contributed by atoms with Crippen LogP contribution in [0.3, 0.4) is 0 Å². The van der Waals surface area contributed by atoms with Gasteiger partial charge in [0.1, 0.15) is 0 Å². The molecule has 0 aromatic rings. The number of likely N-dealkylation sites (N-methyl/N-ethyl adjacent to an activating group) is 1. The lowest BCUT2D eigenvalue weighted by Crippen LogP contribution is -2.25. The number of nitrogens with one attached hydrogen (secondary N) is 2. The van der Waals surface area contributed by atoms with Crippen molar-refractivity contribution in [1.82, 2.24) is 10.2 Å². The minimum atomic E-state index is -0.0995. The number of nitrogens with zero attached hydrogens (tertiary/aromatic N) is 1. The van der Waals surface area contributed by atoms with Gasteiger partial charge in [-0.1, -0.05) is 0 Å². The standard InChI is InChI=1S/C4H7N3O.BrH/c1-7-2-3(8)6-4(7)5;/h2H2,1H3,(H2,5,6,8);1H. The summed E-state index contributed by atoms with van der Waals surface area (Å²) in [6.45, 7) is 0.318. The van der Waals surface area contributed by atoms with Crippen LogP contribution in [0, 0.1) is 5.41 Å². The Morgan fingerprint density at radius 2 is 2.33 bits per heavy atom. The van der Waals surface area contributed by atoms with Gasteiger partial charge in [0.15, 0.2) is 5.96 Å². The Hall–Kier alpha value is -0.580. The molecular weight excluding hydrogens is 186 g/mol. The van der Waals surface area contributed by atoms with E-state index in [0.717, 1.165) is 0 Å². The minimum absolute atomic E-state index is 0. The molecule has 1 amide bonds. The Morgan fingerprint density at radius 1 is 1.78 bits per heavy atom. The summed E-state index contributed by atoms with van der Waals surface area (Å²) >= 11 is 0. The maximum Gasteiger partial charge on any atom is 0.246 e. The summed E-state index contributed by atoms with van der Waals surface area (Å²) in [4.78, 5) is 11.9. The number of hydrogen-bond acceptors (Lipinski definition) is 2. The van der Waals surface area contributed by atoms with Gasteiger partial charge < -0.3 is 4.90 Å². The summed E-state index contributed by atoms with van der Waals surface area (Å²) in [6.07, 6.45) is 0. The highest BCUT2D eigenvalue weighted by Crippen LogP contribution is 1.89. The zero-order valence-electron chi connectivity index (χ0n) is 4.97. The molecule has 9 heavy (non-hydrogen) atoms. The van der Waals surface area contributed by atoms with Crippen LogP contribution in [0.1, 0.15) is 0 Å². The first-order chi connectivity index (χ1) is 3.70. The average Bonchev–Trinajstić information content (AvgIpc) is 1.85. The van der Waals surface area contributed by atoms with Gasteiger partial charge in [-0.25, -0.2) is 0 Å². The van der Waals surface area contributed by atoms with E-state index in [1.807, 2.05) is 0 Å². The van der Waals surface area contributed by atoms with Crippen molar-refractivity contribution in [3.05, 3.63) is 0 Å². The van der Waals surface area contributed by atoms with E-state index in [9.17, 15) is 4.79 Å². The number of halogens is 1. The smallest absolute Gasteiger partial charge is 0.246 e. The lowest BCUT2D eigenvalue weighted by atomic mass is 10.6. The monoisotopic (exact) mass is 193 g/mol.